The molecule has 2 rings (SSSR count). The fourth-order valence-corrected chi connectivity index (χ4v) is 4.18. The van der Waals surface area contributed by atoms with Crippen molar-refractivity contribution in [2.45, 2.75) is 11.1 Å². The van der Waals surface area contributed by atoms with Gasteiger partial charge in [0, 0.05) is 13.1 Å². The van der Waals surface area contributed by atoms with Gasteiger partial charge in [0.1, 0.15) is 4.90 Å². The molecule has 11 heteroatoms. The lowest BCUT2D eigenvalue weighted by Gasteiger charge is -2.18. The molecule has 1 saturated heterocycles. The lowest BCUT2D eigenvalue weighted by molar-refractivity contribution is -0.187. The molecule has 0 unspecified atom stereocenters. The van der Waals surface area contributed by atoms with Crippen LogP contribution in [0.4, 0.5) is 17.6 Å². The molecule has 23 heavy (non-hydrogen) atoms. The van der Waals surface area contributed by atoms with Crippen LogP contribution in [0.5, 0.6) is 0 Å². The Labute approximate surface area is 133 Å². The van der Waals surface area contributed by atoms with Gasteiger partial charge in [0.2, 0.25) is 10.0 Å². The molecule has 0 amide bonds. The third-order valence-electron chi connectivity index (χ3n) is 3.56. The van der Waals surface area contributed by atoms with E-state index in [9.17, 15) is 30.8 Å². The number of hydrogen-bond donors (Lipinski definition) is 1. The number of nitrogens with zero attached hydrogens (tertiary/aromatic N) is 1. The smallest absolute Gasteiger partial charge is 0.393 e. The molecule has 0 spiro atoms. The van der Waals surface area contributed by atoms with E-state index in [1.165, 1.54) is 0 Å². The van der Waals surface area contributed by atoms with Crippen LogP contribution < -0.4 is 0 Å². The monoisotopic (exact) mass is 375 g/mol. The van der Waals surface area contributed by atoms with E-state index in [2.05, 4.69) is 0 Å². The highest BCUT2D eigenvalue weighted by molar-refractivity contribution is 7.89. The molecule has 5 nitrogen and oxygen atoms in total. The summed E-state index contributed by atoms with van der Waals surface area (Å²) in [5, 5.41) is 8.38. The standard InChI is InChI=1S/C12H10ClF4NO4S/c13-8-2-1-3-9(10(8)14)23(21,22)18-4-6(11(19)20)7(5-18)12(15,16)17/h1-3,6-7H,4-5H2,(H,19,20)/t6-,7-/m1/s1. The molecular formula is C12H10ClF4NO4S. The highest BCUT2D eigenvalue weighted by Crippen LogP contribution is 2.40. The van der Waals surface area contributed by atoms with Crippen LogP contribution in [-0.2, 0) is 14.8 Å². The summed E-state index contributed by atoms with van der Waals surface area (Å²) >= 11 is 5.47. The molecule has 0 aromatic heterocycles. The van der Waals surface area contributed by atoms with Crippen molar-refractivity contribution in [1.29, 1.82) is 0 Å². The van der Waals surface area contributed by atoms with Gasteiger partial charge in [0.15, 0.2) is 5.82 Å². The van der Waals surface area contributed by atoms with Crippen molar-refractivity contribution in [3.05, 3.63) is 29.0 Å². The number of aliphatic carboxylic acids is 1. The van der Waals surface area contributed by atoms with Gasteiger partial charge in [-0.1, -0.05) is 17.7 Å². The molecule has 0 aliphatic carbocycles. The first-order valence-electron chi connectivity index (χ1n) is 6.20. The van der Waals surface area contributed by atoms with Crippen molar-refractivity contribution < 1.29 is 35.9 Å². The molecule has 2 atom stereocenters. The Kier molecular flexibility index (Phi) is 4.62. The number of carbonyl (C=O) groups is 1. The lowest BCUT2D eigenvalue weighted by Crippen LogP contribution is -2.34. The molecule has 1 fully saturated rings. The number of carboxylic acids is 1. The average molecular weight is 376 g/mol. The second kappa shape index (κ2) is 5.91. The summed E-state index contributed by atoms with van der Waals surface area (Å²) in [6.07, 6.45) is -4.89. The Morgan fingerprint density at radius 3 is 2.39 bits per heavy atom. The number of halogens is 5. The molecule has 1 aliphatic rings. The van der Waals surface area contributed by atoms with Crippen molar-refractivity contribution in [3.63, 3.8) is 0 Å². The van der Waals surface area contributed by atoms with E-state index >= 15 is 0 Å². The summed E-state index contributed by atoms with van der Waals surface area (Å²) in [5.74, 6) is -7.38. The van der Waals surface area contributed by atoms with E-state index in [0.29, 0.717) is 4.31 Å². The second-order valence-electron chi connectivity index (χ2n) is 4.97. The van der Waals surface area contributed by atoms with Crippen molar-refractivity contribution >= 4 is 27.6 Å². The summed E-state index contributed by atoms with van der Waals surface area (Å²) < 4.78 is 77.5. The summed E-state index contributed by atoms with van der Waals surface area (Å²) in [6, 6.07) is 3.07. The average Bonchev–Trinajstić information content (AvgIpc) is 2.87. The van der Waals surface area contributed by atoms with Crippen LogP contribution in [0.25, 0.3) is 0 Å². The van der Waals surface area contributed by atoms with Crippen molar-refractivity contribution in [2.75, 3.05) is 13.1 Å². The van der Waals surface area contributed by atoms with E-state index in [1.807, 2.05) is 0 Å². The van der Waals surface area contributed by atoms with Crippen LogP contribution in [0.15, 0.2) is 23.1 Å². The normalized spacial score (nSPS) is 23.2. The van der Waals surface area contributed by atoms with Gasteiger partial charge in [-0.25, -0.2) is 12.8 Å². The molecule has 128 valence electrons. The van der Waals surface area contributed by atoms with Gasteiger partial charge < -0.3 is 5.11 Å². The van der Waals surface area contributed by atoms with Crippen LogP contribution >= 0.6 is 11.6 Å². The largest absolute Gasteiger partial charge is 0.481 e. The summed E-state index contributed by atoms with van der Waals surface area (Å²) in [6.45, 7) is -1.98. The van der Waals surface area contributed by atoms with Gasteiger partial charge in [0.05, 0.1) is 16.9 Å². The number of rotatable bonds is 3. The van der Waals surface area contributed by atoms with Crippen LogP contribution in [0.2, 0.25) is 5.02 Å². The Balaban J connectivity index is 2.42. The summed E-state index contributed by atoms with van der Waals surface area (Å²) in [4.78, 5) is 10.1. The third-order valence-corrected chi connectivity index (χ3v) is 5.70. The van der Waals surface area contributed by atoms with Crippen molar-refractivity contribution in [3.8, 4) is 0 Å². The number of carboxylic acid groups (broad SMARTS) is 1. The molecule has 0 saturated carbocycles. The Bertz CT molecular complexity index is 737. The first-order chi connectivity index (χ1) is 10.5. The quantitative estimate of drug-likeness (QED) is 0.823. The topological polar surface area (TPSA) is 74.7 Å². The van der Waals surface area contributed by atoms with Crippen molar-refractivity contribution in [1.82, 2.24) is 4.31 Å². The van der Waals surface area contributed by atoms with Gasteiger partial charge in [-0.3, -0.25) is 4.79 Å². The first kappa shape index (κ1) is 18.0. The van der Waals surface area contributed by atoms with Gasteiger partial charge >= 0.3 is 12.1 Å². The van der Waals surface area contributed by atoms with Crippen LogP contribution in [-0.4, -0.2) is 43.1 Å². The second-order valence-corrected chi connectivity index (χ2v) is 7.28. The fourth-order valence-electron chi connectivity index (χ4n) is 2.37. The maximum Gasteiger partial charge on any atom is 0.393 e. The third kappa shape index (κ3) is 3.29. The molecule has 1 aromatic carbocycles. The predicted molar refractivity (Wildman–Crippen MR) is 70.8 cm³/mol. The molecule has 1 aliphatic heterocycles. The number of sulfonamides is 1. The van der Waals surface area contributed by atoms with Gasteiger partial charge in [0.25, 0.3) is 0 Å². The minimum Gasteiger partial charge on any atom is -0.481 e. The zero-order valence-electron chi connectivity index (χ0n) is 11.2. The summed E-state index contributed by atoms with van der Waals surface area (Å²) in [5.41, 5.74) is 0. The minimum absolute atomic E-state index is 0.318. The first-order valence-corrected chi connectivity index (χ1v) is 8.01. The van der Waals surface area contributed by atoms with Gasteiger partial charge in [-0.2, -0.15) is 17.5 Å². The van der Waals surface area contributed by atoms with E-state index in [4.69, 9.17) is 16.7 Å². The Morgan fingerprint density at radius 1 is 1.30 bits per heavy atom. The maximum atomic E-state index is 13.9. The molecule has 1 aromatic rings. The van der Waals surface area contributed by atoms with E-state index in [-0.39, 0.29) is 0 Å². The fraction of sp³-hybridized carbons (Fsp3) is 0.417. The zero-order chi connectivity index (χ0) is 17.6. The van der Waals surface area contributed by atoms with E-state index in [0.717, 1.165) is 18.2 Å². The zero-order valence-corrected chi connectivity index (χ0v) is 12.8. The van der Waals surface area contributed by atoms with Crippen LogP contribution in [0, 0.1) is 17.7 Å². The van der Waals surface area contributed by atoms with E-state index in [1.54, 1.807) is 0 Å². The Hall–Kier alpha value is -1.39. The summed E-state index contributed by atoms with van der Waals surface area (Å²) in [7, 11) is -4.64. The number of hydrogen-bond acceptors (Lipinski definition) is 3. The molecule has 1 heterocycles. The highest BCUT2D eigenvalue weighted by atomic mass is 35.5. The minimum atomic E-state index is -4.89. The molecule has 1 N–H and O–H groups in total. The van der Waals surface area contributed by atoms with Crippen LogP contribution in [0.3, 0.4) is 0 Å². The molecule has 0 bridgehead atoms. The highest BCUT2D eigenvalue weighted by Gasteiger charge is 2.55. The Morgan fingerprint density at radius 2 is 1.91 bits per heavy atom. The van der Waals surface area contributed by atoms with Crippen LogP contribution in [0.1, 0.15) is 0 Å². The number of benzene rings is 1. The SMILES string of the molecule is O=C(O)[C@@H]1CN(S(=O)(=O)c2cccc(Cl)c2F)C[C@H]1C(F)(F)F. The van der Waals surface area contributed by atoms with Gasteiger partial charge in [-0.05, 0) is 12.1 Å². The molecular weight excluding hydrogens is 366 g/mol. The van der Waals surface area contributed by atoms with Gasteiger partial charge in [-0.15, -0.1) is 0 Å². The predicted octanol–water partition coefficient (Wildman–Crippen LogP) is 2.36. The molecule has 0 radical (unpaired) electrons. The maximum absolute atomic E-state index is 13.9. The number of alkyl halides is 3. The lowest BCUT2D eigenvalue weighted by atomic mass is 9.96. The van der Waals surface area contributed by atoms with E-state index < -0.39 is 62.8 Å². The van der Waals surface area contributed by atoms with Crippen molar-refractivity contribution in [2.24, 2.45) is 11.8 Å².